The van der Waals surface area contributed by atoms with Gasteiger partial charge < -0.3 is 15.4 Å². The second kappa shape index (κ2) is 7.68. The maximum Gasteiger partial charge on any atom is 0.411 e. The summed E-state index contributed by atoms with van der Waals surface area (Å²) in [5.41, 5.74) is 1.77. The Kier molecular flexibility index (Phi) is 5.87. The largest absolute Gasteiger partial charge is 0.411 e. The van der Waals surface area contributed by atoms with Crippen LogP contribution < -0.4 is 10.6 Å². The summed E-state index contributed by atoms with van der Waals surface area (Å²) in [5.74, 6) is 0. The molecular formula is C16H21F3N2O2. The van der Waals surface area contributed by atoms with E-state index in [1.54, 1.807) is 12.1 Å². The van der Waals surface area contributed by atoms with Crippen molar-refractivity contribution in [1.29, 1.82) is 0 Å². The lowest BCUT2D eigenvalue weighted by Gasteiger charge is -2.30. The van der Waals surface area contributed by atoms with E-state index in [2.05, 4.69) is 10.6 Å². The van der Waals surface area contributed by atoms with Gasteiger partial charge in [0.25, 0.3) is 0 Å². The quantitative estimate of drug-likeness (QED) is 0.876. The van der Waals surface area contributed by atoms with Crippen LogP contribution in [0.25, 0.3) is 0 Å². The van der Waals surface area contributed by atoms with Crippen molar-refractivity contribution >= 4 is 11.7 Å². The minimum atomic E-state index is -4.32. The number of halogens is 3. The lowest BCUT2D eigenvalue weighted by atomic mass is 9.93. The monoisotopic (exact) mass is 330 g/mol. The van der Waals surface area contributed by atoms with Crippen LogP contribution >= 0.6 is 0 Å². The molecule has 128 valence electrons. The van der Waals surface area contributed by atoms with Crippen LogP contribution in [0.2, 0.25) is 0 Å². The zero-order chi connectivity index (χ0) is 16.9. The van der Waals surface area contributed by atoms with Crippen LogP contribution in [0, 0.1) is 6.92 Å². The highest BCUT2D eigenvalue weighted by atomic mass is 19.4. The minimum Gasteiger partial charge on any atom is -0.369 e. The number of anilines is 1. The summed E-state index contributed by atoms with van der Waals surface area (Å²) < 4.78 is 41.4. The number of alkyl halides is 3. The molecule has 0 aromatic heterocycles. The lowest BCUT2D eigenvalue weighted by Crippen LogP contribution is -2.43. The Balaban J connectivity index is 1.77. The van der Waals surface area contributed by atoms with Gasteiger partial charge in [0.1, 0.15) is 6.61 Å². The molecule has 0 saturated heterocycles. The van der Waals surface area contributed by atoms with E-state index in [4.69, 9.17) is 4.74 Å². The maximum atomic E-state index is 12.2. The Hall–Kier alpha value is -1.76. The molecule has 0 bridgehead atoms. The van der Waals surface area contributed by atoms with Crippen LogP contribution in [0.4, 0.5) is 23.7 Å². The second-order valence-electron chi connectivity index (χ2n) is 5.88. The zero-order valence-corrected chi connectivity index (χ0v) is 13.0. The molecular weight excluding hydrogens is 309 g/mol. The highest BCUT2D eigenvalue weighted by molar-refractivity contribution is 5.89. The van der Waals surface area contributed by atoms with E-state index in [-0.39, 0.29) is 12.1 Å². The third-order valence-electron chi connectivity index (χ3n) is 3.75. The molecule has 0 unspecified atom stereocenters. The first-order chi connectivity index (χ1) is 10.8. The normalized spacial score (nSPS) is 21.7. The van der Waals surface area contributed by atoms with Crippen molar-refractivity contribution in [3.63, 3.8) is 0 Å². The SMILES string of the molecule is Cc1ccc(NC(=O)N[C@@H]2CCC[C@H](OCC(F)(F)F)C2)cc1. The van der Waals surface area contributed by atoms with Crippen LogP contribution in [0.5, 0.6) is 0 Å². The average Bonchev–Trinajstić information content (AvgIpc) is 2.47. The molecule has 0 heterocycles. The van der Waals surface area contributed by atoms with E-state index in [0.717, 1.165) is 18.4 Å². The van der Waals surface area contributed by atoms with E-state index in [9.17, 15) is 18.0 Å². The molecule has 1 saturated carbocycles. The fourth-order valence-corrected chi connectivity index (χ4v) is 2.63. The average molecular weight is 330 g/mol. The number of rotatable bonds is 4. The molecule has 1 aliphatic rings. The molecule has 0 spiro atoms. The molecule has 2 atom stereocenters. The van der Waals surface area contributed by atoms with Gasteiger partial charge in [-0.05, 0) is 44.7 Å². The number of carbonyl (C=O) groups excluding carboxylic acids is 1. The fraction of sp³-hybridized carbons (Fsp3) is 0.562. The van der Waals surface area contributed by atoms with Crippen molar-refractivity contribution in [3.8, 4) is 0 Å². The highest BCUT2D eigenvalue weighted by Crippen LogP contribution is 2.24. The van der Waals surface area contributed by atoms with Crippen molar-refractivity contribution in [3.05, 3.63) is 29.8 Å². The van der Waals surface area contributed by atoms with E-state index in [0.29, 0.717) is 18.5 Å². The first kappa shape index (κ1) is 17.6. The molecule has 2 amide bonds. The van der Waals surface area contributed by atoms with Gasteiger partial charge in [-0.15, -0.1) is 0 Å². The summed E-state index contributed by atoms with van der Waals surface area (Å²) in [6, 6.07) is 6.84. The number of benzene rings is 1. The van der Waals surface area contributed by atoms with Gasteiger partial charge in [-0.3, -0.25) is 0 Å². The van der Waals surface area contributed by atoms with Crippen molar-refractivity contribution < 1.29 is 22.7 Å². The van der Waals surface area contributed by atoms with Gasteiger partial charge in [-0.25, -0.2) is 4.79 Å². The topological polar surface area (TPSA) is 50.4 Å². The predicted octanol–water partition coefficient (Wildman–Crippen LogP) is 4.01. The number of urea groups is 1. The second-order valence-corrected chi connectivity index (χ2v) is 5.88. The Labute approximate surface area is 133 Å². The summed E-state index contributed by atoms with van der Waals surface area (Å²) in [7, 11) is 0. The van der Waals surface area contributed by atoms with Crippen LogP contribution in [0.15, 0.2) is 24.3 Å². The zero-order valence-electron chi connectivity index (χ0n) is 13.0. The third kappa shape index (κ3) is 6.48. The highest BCUT2D eigenvalue weighted by Gasteiger charge is 2.31. The van der Waals surface area contributed by atoms with E-state index < -0.39 is 18.9 Å². The molecule has 23 heavy (non-hydrogen) atoms. The Morgan fingerprint density at radius 3 is 2.61 bits per heavy atom. The molecule has 7 heteroatoms. The molecule has 1 fully saturated rings. The summed E-state index contributed by atoms with van der Waals surface area (Å²) in [6.45, 7) is 0.715. The summed E-state index contributed by atoms with van der Waals surface area (Å²) >= 11 is 0. The van der Waals surface area contributed by atoms with Crippen molar-refractivity contribution in [2.45, 2.75) is 50.9 Å². The smallest absolute Gasteiger partial charge is 0.369 e. The first-order valence-corrected chi connectivity index (χ1v) is 7.64. The van der Waals surface area contributed by atoms with E-state index >= 15 is 0 Å². The summed E-state index contributed by atoms with van der Waals surface area (Å²) in [6.07, 6.45) is -2.31. The van der Waals surface area contributed by atoms with E-state index in [1.807, 2.05) is 19.1 Å². The minimum absolute atomic E-state index is 0.174. The number of ether oxygens (including phenoxy) is 1. The van der Waals surface area contributed by atoms with Gasteiger partial charge in [0.15, 0.2) is 0 Å². The van der Waals surface area contributed by atoms with Gasteiger partial charge in [-0.2, -0.15) is 13.2 Å². The molecule has 0 aliphatic heterocycles. The van der Waals surface area contributed by atoms with Crippen LogP contribution in [0.3, 0.4) is 0 Å². The molecule has 1 aromatic carbocycles. The van der Waals surface area contributed by atoms with Gasteiger partial charge in [0, 0.05) is 11.7 Å². The molecule has 1 aromatic rings. The number of aryl methyl sites for hydroxylation is 1. The van der Waals surface area contributed by atoms with Crippen molar-refractivity contribution in [1.82, 2.24) is 5.32 Å². The van der Waals surface area contributed by atoms with E-state index in [1.165, 1.54) is 0 Å². The van der Waals surface area contributed by atoms with Crippen molar-refractivity contribution in [2.75, 3.05) is 11.9 Å². The first-order valence-electron chi connectivity index (χ1n) is 7.64. The number of hydrogen-bond donors (Lipinski definition) is 2. The number of hydrogen-bond acceptors (Lipinski definition) is 2. The summed E-state index contributed by atoms with van der Waals surface area (Å²) in [5, 5.41) is 5.51. The number of nitrogens with one attached hydrogen (secondary N) is 2. The predicted molar refractivity (Wildman–Crippen MR) is 81.4 cm³/mol. The Bertz CT molecular complexity index is 517. The standard InChI is InChI=1S/C16H21F3N2O2/c1-11-5-7-12(8-6-11)20-15(22)21-13-3-2-4-14(9-13)23-10-16(17,18)19/h5-8,13-14H,2-4,9-10H2,1H3,(H2,20,21,22)/t13-,14+/m1/s1. The molecule has 4 nitrogen and oxygen atoms in total. The molecule has 2 N–H and O–H groups in total. The lowest BCUT2D eigenvalue weighted by molar-refractivity contribution is -0.188. The Morgan fingerprint density at radius 1 is 1.26 bits per heavy atom. The van der Waals surface area contributed by atoms with Crippen LogP contribution in [0.1, 0.15) is 31.2 Å². The Morgan fingerprint density at radius 2 is 1.96 bits per heavy atom. The third-order valence-corrected chi connectivity index (χ3v) is 3.75. The van der Waals surface area contributed by atoms with Gasteiger partial charge in [0.05, 0.1) is 6.10 Å². The van der Waals surface area contributed by atoms with Crippen molar-refractivity contribution in [2.24, 2.45) is 0 Å². The summed E-state index contributed by atoms with van der Waals surface area (Å²) in [4.78, 5) is 11.9. The molecule has 1 aliphatic carbocycles. The van der Waals surface area contributed by atoms with Crippen LogP contribution in [-0.2, 0) is 4.74 Å². The number of amides is 2. The van der Waals surface area contributed by atoms with Crippen LogP contribution in [-0.4, -0.2) is 31.0 Å². The maximum absolute atomic E-state index is 12.2. The van der Waals surface area contributed by atoms with Gasteiger partial charge in [0.2, 0.25) is 0 Å². The fourth-order valence-electron chi connectivity index (χ4n) is 2.63. The van der Waals surface area contributed by atoms with Gasteiger partial charge >= 0.3 is 12.2 Å². The molecule has 0 radical (unpaired) electrons. The number of carbonyl (C=O) groups is 1. The molecule has 2 rings (SSSR count). The van der Waals surface area contributed by atoms with Gasteiger partial charge in [-0.1, -0.05) is 17.7 Å².